The molecule has 0 unspecified atom stereocenters. The van der Waals surface area contributed by atoms with Gasteiger partial charge in [0.25, 0.3) is 0 Å². The van der Waals surface area contributed by atoms with Gasteiger partial charge >= 0.3 is 5.97 Å². The molecule has 25 heavy (non-hydrogen) atoms. The maximum atomic E-state index is 13.1. The van der Waals surface area contributed by atoms with E-state index in [1.54, 1.807) is 6.92 Å². The first-order chi connectivity index (χ1) is 11.8. The van der Waals surface area contributed by atoms with Gasteiger partial charge < -0.3 is 4.74 Å². The maximum absolute atomic E-state index is 13.1. The van der Waals surface area contributed by atoms with Crippen LogP contribution in [0.2, 0.25) is 0 Å². The van der Waals surface area contributed by atoms with Gasteiger partial charge in [-0.1, -0.05) is 19.1 Å². The van der Waals surface area contributed by atoms with E-state index in [-0.39, 0.29) is 22.6 Å². The van der Waals surface area contributed by atoms with Crippen molar-refractivity contribution in [2.75, 3.05) is 13.2 Å². The molecule has 2 aromatic rings. The van der Waals surface area contributed by atoms with Gasteiger partial charge in [-0.15, -0.1) is 0 Å². The van der Waals surface area contributed by atoms with E-state index >= 15 is 0 Å². The normalized spacial score (nSPS) is 11.1. The van der Waals surface area contributed by atoms with E-state index in [0.29, 0.717) is 0 Å². The molecule has 0 fully saturated rings. The van der Waals surface area contributed by atoms with Crippen molar-refractivity contribution in [3.8, 4) is 0 Å². The zero-order chi connectivity index (χ0) is 18.4. The van der Waals surface area contributed by atoms with Crippen LogP contribution in [0.25, 0.3) is 0 Å². The lowest BCUT2D eigenvalue weighted by Crippen LogP contribution is -2.23. The second kappa shape index (κ2) is 8.00. The number of rotatable bonds is 7. The highest BCUT2D eigenvalue weighted by atomic mass is 32.2. The zero-order valence-electron chi connectivity index (χ0n) is 13.4. The van der Waals surface area contributed by atoms with Crippen molar-refractivity contribution in [2.24, 2.45) is 0 Å². The van der Waals surface area contributed by atoms with Gasteiger partial charge in [-0.2, -0.15) is 0 Å². The lowest BCUT2D eigenvalue weighted by atomic mass is 10.1. The molecule has 2 rings (SSSR count). The third kappa shape index (κ3) is 4.94. The molecule has 0 saturated carbocycles. The van der Waals surface area contributed by atoms with Crippen LogP contribution >= 0.6 is 0 Å². The van der Waals surface area contributed by atoms with Crippen LogP contribution in [0.4, 0.5) is 4.39 Å². The summed E-state index contributed by atoms with van der Waals surface area (Å²) in [6, 6.07) is 10.2. The van der Waals surface area contributed by atoms with E-state index in [4.69, 9.17) is 4.74 Å². The van der Waals surface area contributed by atoms with Crippen LogP contribution in [0.5, 0.6) is 0 Å². The first-order valence-corrected chi connectivity index (χ1v) is 8.87. The summed E-state index contributed by atoms with van der Waals surface area (Å²) in [7, 11) is -3.61. The molecule has 0 saturated heterocycles. The predicted molar refractivity (Wildman–Crippen MR) is 88.3 cm³/mol. The Hall–Kier alpha value is -2.58. The number of carbonyl (C=O) groups excluding carboxylic acids is 2. The van der Waals surface area contributed by atoms with Crippen LogP contribution in [0.15, 0.2) is 53.4 Å². The fourth-order valence-electron chi connectivity index (χ4n) is 2.00. The van der Waals surface area contributed by atoms with E-state index < -0.39 is 34.2 Å². The minimum Gasteiger partial charge on any atom is -0.454 e. The Kier molecular flexibility index (Phi) is 6.00. The van der Waals surface area contributed by atoms with Gasteiger partial charge in [-0.25, -0.2) is 22.3 Å². The molecule has 0 aliphatic heterocycles. The standard InChI is InChI=1S/C17H16FNO5S/c1-2-19-25(22,23)15-8-6-12(7-9-15)17(21)24-11-16(20)13-4-3-5-14(18)10-13/h3-10,19H,2,11H2,1H3. The summed E-state index contributed by atoms with van der Waals surface area (Å²) in [5.74, 6) is -1.88. The van der Waals surface area contributed by atoms with Crippen LogP contribution in [0.3, 0.4) is 0 Å². The van der Waals surface area contributed by atoms with Crippen molar-refractivity contribution in [1.29, 1.82) is 0 Å². The highest BCUT2D eigenvalue weighted by Gasteiger charge is 2.15. The fourth-order valence-corrected chi connectivity index (χ4v) is 3.04. The molecule has 8 heteroatoms. The second-order valence-electron chi connectivity index (χ2n) is 5.04. The second-order valence-corrected chi connectivity index (χ2v) is 6.80. The van der Waals surface area contributed by atoms with Gasteiger partial charge in [0.05, 0.1) is 10.5 Å². The smallest absolute Gasteiger partial charge is 0.338 e. The van der Waals surface area contributed by atoms with E-state index in [0.717, 1.165) is 6.07 Å². The Bertz CT molecular complexity index is 878. The van der Waals surface area contributed by atoms with Gasteiger partial charge in [0.2, 0.25) is 10.0 Å². The predicted octanol–water partition coefficient (Wildman–Crippen LogP) is 2.16. The number of Topliss-reactive ketones (excluding diaryl/α,β-unsaturated/α-hetero) is 1. The number of sulfonamides is 1. The first-order valence-electron chi connectivity index (χ1n) is 7.39. The summed E-state index contributed by atoms with van der Waals surface area (Å²) in [5.41, 5.74) is 0.197. The number of esters is 1. The summed E-state index contributed by atoms with van der Waals surface area (Å²) in [4.78, 5) is 23.8. The Morgan fingerprint density at radius 2 is 1.76 bits per heavy atom. The summed E-state index contributed by atoms with van der Waals surface area (Å²) >= 11 is 0. The third-order valence-corrected chi connectivity index (χ3v) is 4.78. The largest absolute Gasteiger partial charge is 0.454 e. The summed E-state index contributed by atoms with van der Waals surface area (Å²) in [6.07, 6.45) is 0. The molecule has 0 aliphatic rings. The number of ketones is 1. The Morgan fingerprint density at radius 1 is 1.08 bits per heavy atom. The summed E-state index contributed by atoms with van der Waals surface area (Å²) < 4.78 is 43.9. The summed E-state index contributed by atoms with van der Waals surface area (Å²) in [6.45, 7) is 1.35. The third-order valence-electron chi connectivity index (χ3n) is 3.22. The van der Waals surface area contributed by atoms with Crippen molar-refractivity contribution < 1.29 is 27.1 Å². The average molecular weight is 365 g/mol. The van der Waals surface area contributed by atoms with Gasteiger partial charge in [0, 0.05) is 12.1 Å². The molecule has 0 spiro atoms. The number of ether oxygens (including phenoxy) is 1. The van der Waals surface area contributed by atoms with Gasteiger partial charge in [-0.3, -0.25) is 4.79 Å². The number of nitrogens with one attached hydrogen (secondary N) is 1. The average Bonchev–Trinajstić information content (AvgIpc) is 2.59. The summed E-state index contributed by atoms with van der Waals surface area (Å²) in [5, 5.41) is 0. The van der Waals surface area contributed by atoms with Crippen LogP contribution in [-0.2, 0) is 14.8 Å². The number of benzene rings is 2. The van der Waals surface area contributed by atoms with E-state index in [2.05, 4.69) is 4.72 Å². The molecule has 0 aromatic heterocycles. The van der Waals surface area contributed by atoms with Crippen molar-refractivity contribution in [3.05, 3.63) is 65.5 Å². The quantitative estimate of drug-likeness (QED) is 0.600. The SMILES string of the molecule is CCNS(=O)(=O)c1ccc(C(=O)OCC(=O)c2cccc(F)c2)cc1. The monoisotopic (exact) mass is 365 g/mol. The minimum atomic E-state index is -3.61. The lowest BCUT2D eigenvalue weighted by Gasteiger charge is -2.07. The van der Waals surface area contributed by atoms with E-state index in [9.17, 15) is 22.4 Å². The molecule has 1 N–H and O–H groups in total. The topological polar surface area (TPSA) is 89.5 Å². The number of halogens is 1. The Labute approximate surface area is 144 Å². The van der Waals surface area contributed by atoms with Crippen molar-refractivity contribution >= 4 is 21.8 Å². The molecule has 0 amide bonds. The minimum absolute atomic E-state index is 0.0155. The Morgan fingerprint density at radius 3 is 2.36 bits per heavy atom. The number of carbonyl (C=O) groups is 2. The number of hydrogen-bond acceptors (Lipinski definition) is 5. The molecule has 0 bridgehead atoms. The van der Waals surface area contributed by atoms with E-state index in [1.165, 1.54) is 42.5 Å². The molecule has 132 valence electrons. The molecular weight excluding hydrogens is 349 g/mol. The zero-order valence-corrected chi connectivity index (χ0v) is 14.2. The molecular formula is C17H16FNO5S. The van der Waals surface area contributed by atoms with Crippen molar-refractivity contribution in [2.45, 2.75) is 11.8 Å². The van der Waals surface area contributed by atoms with Crippen LogP contribution < -0.4 is 4.72 Å². The van der Waals surface area contributed by atoms with Crippen molar-refractivity contribution in [1.82, 2.24) is 4.72 Å². The highest BCUT2D eigenvalue weighted by molar-refractivity contribution is 7.89. The molecule has 0 radical (unpaired) electrons. The van der Waals surface area contributed by atoms with Crippen LogP contribution in [0.1, 0.15) is 27.6 Å². The fraction of sp³-hybridized carbons (Fsp3) is 0.176. The molecule has 2 aromatic carbocycles. The van der Waals surface area contributed by atoms with Gasteiger partial charge in [0.15, 0.2) is 12.4 Å². The number of hydrogen-bond donors (Lipinski definition) is 1. The highest BCUT2D eigenvalue weighted by Crippen LogP contribution is 2.12. The molecule has 0 heterocycles. The first kappa shape index (κ1) is 18.8. The molecule has 0 aliphatic carbocycles. The molecule has 0 atom stereocenters. The maximum Gasteiger partial charge on any atom is 0.338 e. The van der Waals surface area contributed by atoms with Crippen molar-refractivity contribution in [3.63, 3.8) is 0 Å². The van der Waals surface area contributed by atoms with Crippen LogP contribution in [0, 0.1) is 5.82 Å². The lowest BCUT2D eigenvalue weighted by molar-refractivity contribution is 0.0474. The van der Waals surface area contributed by atoms with Gasteiger partial charge in [-0.05, 0) is 36.4 Å². The van der Waals surface area contributed by atoms with Crippen LogP contribution in [-0.4, -0.2) is 33.3 Å². The molecule has 6 nitrogen and oxygen atoms in total. The van der Waals surface area contributed by atoms with Gasteiger partial charge in [0.1, 0.15) is 5.82 Å². The Balaban J connectivity index is 2.00. The van der Waals surface area contributed by atoms with E-state index in [1.807, 2.05) is 0 Å².